The summed E-state index contributed by atoms with van der Waals surface area (Å²) >= 11 is 0. The van der Waals surface area contributed by atoms with Gasteiger partial charge in [0.2, 0.25) is 0 Å². The Labute approximate surface area is 115 Å². The molecule has 0 radical (unpaired) electrons. The lowest BCUT2D eigenvalue weighted by molar-refractivity contribution is -0.0701. The van der Waals surface area contributed by atoms with Gasteiger partial charge in [-0.1, -0.05) is 0 Å². The Balaban J connectivity index is 1.57. The van der Waals surface area contributed by atoms with E-state index in [1.165, 1.54) is 31.4 Å². The van der Waals surface area contributed by atoms with Crippen molar-refractivity contribution >= 4 is 0 Å². The van der Waals surface area contributed by atoms with Gasteiger partial charge in [-0.15, -0.1) is 0 Å². The Bertz CT molecular complexity index is 466. The summed E-state index contributed by atoms with van der Waals surface area (Å²) in [6, 6.07) is 2.29. The van der Waals surface area contributed by atoms with Crippen molar-refractivity contribution in [2.45, 2.75) is 51.0 Å². The molecular formula is C17H24N2. The lowest BCUT2D eigenvalue weighted by Crippen LogP contribution is -2.51. The van der Waals surface area contributed by atoms with E-state index in [4.69, 9.17) is 0 Å². The Morgan fingerprint density at radius 2 is 1.68 bits per heavy atom. The molecule has 6 rings (SSSR count). The standard InChI is InChI=1S/C17H24N2/c1-2-19-16-14(1)9-18-10-15(16)17-6-11-3-12(7-17)5-13(4-11)8-17/h1-2,11-13,15,18-19H,3-10H2. The average molecular weight is 256 g/mol. The van der Waals surface area contributed by atoms with E-state index in [0.717, 1.165) is 30.2 Å². The second-order valence-corrected chi connectivity index (χ2v) is 7.88. The van der Waals surface area contributed by atoms with Crippen LogP contribution in [0.1, 0.15) is 55.7 Å². The third-order valence-electron chi connectivity index (χ3n) is 6.71. The van der Waals surface area contributed by atoms with Gasteiger partial charge in [0.1, 0.15) is 0 Å². The van der Waals surface area contributed by atoms with Crippen molar-refractivity contribution < 1.29 is 0 Å². The minimum absolute atomic E-state index is 0.641. The molecule has 2 heteroatoms. The van der Waals surface area contributed by atoms with Gasteiger partial charge in [-0.05, 0) is 73.3 Å². The van der Waals surface area contributed by atoms with Gasteiger partial charge in [0.15, 0.2) is 0 Å². The van der Waals surface area contributed by atoms with Crippen LogP contribution >= 0.6 is 0 Å². The van der Waals surface area contributed by atoms with Crippen molar-refractivity contribution in [1.82, 2.24) is 10.3 Å². The molecule has 0 saturated heterocycles. The van der Waals surface area contributed by atoms with Gasteiger partial charge < -0.3 is 10.3 Å². The smallest absolute Gasteiger partial charge is 0.0242 e. The largest absolute Gasteiger partial charge is 0.364 e. The van der Waals surface area contributed by atoms with Crippen LogP contribution in [-0.2, 0) is 6.54 Å². The molecular weight excluding hydrogens is 232 g/mol. The fourth-order valence-corrected chi connectivity index (χ4v) is 6.47. The van der Waals surface area contributed by atoms with Crippen LogP contribution in [0.15, 0.2) is 12.3 Å². The van der Waals surface area contributed by atoms with Gasteiger partial charge in [0, 0.05) is 30.9 Å². The zero-order valence-corrected chi connectivity index (χ0v) is 11.6. The molecule has 1 unspecified atom stereocenters. The van der Waals surface area contributed by atoms with E-state index in [9.17, 15) is 0 Å². The van der Waals surface area contributed by atoms with Crippen LogP contribution in [0.25, 0.3) is 0 Å². The predicted octanol–water partition coefficient (Wildman–Crippen LogP) is 3.42. The summed E-state index contributed by atoms with van der Waals surface area (Å²) < 4.78 is 0. The lowest BCUT2D eigenvalue weighted by Gasteiger charge is -2.60. The third-order valence-corrected chi connectivity index (χ3v) is 6.71. The molecule has 1 aromatic heterocycles. The minimum atomic E-state index is 0.641. The van der Waals surface area contributed by atoms with Gasteiger partial charge in [0.05, 0.1) is 0 Å². The third kappa shape index (κ3) is 1.47. The van der Waals surface area contributed by atoms with Gasteiger partial charge in [0.25, 0.3) is 0 Å². The number of hydrogen-bond donors (Lipinski definition) is 2. The topological polar surface area (TPSA) is 27.8 Å². The molecule has 1 atom stereocenters. The molecule has 19 heavy (non-hydrogen) atoms. The molecule has 0 amide bonds. The summed E-state index contributed by atoms with van der Waals surface area (Å²) in [5.74, 6) is 3.95. The van der Waals surface area contributed by atoms with Gasteiger partial charge in [-0.2, -0.15) is 0 Å². The molecule has 2 heterocycles. The highest BCUT2D eigenvalue weighted by Gasteiger charge is 2.55. The van der Waals surface area contributed by atoms with Crippen LogP contribution in [0.5, 0.6) is 0 Å². The summed E-state index contributed by atoms with van der Waals surface area (Å²) in [6.45, 7) is 2.28. The Morgan fingerprint density at radius 3 is 2.37 bits per heavy atom. The first-order chi connectivity index (χ1) is 9.32. The highest BCUT2D eigenvalue weighted by molar-refractivity contribution is 5.30. The summed E-state index contributed by atoms with van der Waals surface area (Å²) in [6.07, 6.45) is 11.4. The van der Waals surface area contributed by atoms with Gasteiger partial charge in [-0.25, -0.2) is 0 Å². The Morgan fingerprint density at radius 1 is 1.00 bits per heavy atom. The van der Waals surface area contributed by atoms with E-state index in [1.807, 2.05) is 0 Å². The van der Waals surface area contributed by atoms with E-state index in [2.05, 4.69) is 22.6 Å². The fourth-order valence-electron chi connectivity index (χ4n) is 6.47. The molecule has 102 valence electrons. The van der Waals surface area contributed by atoms with Crippen LogP contribution < -0.4 is 5.32 Å². The number of hydrogen-bond acceptors (Lipinski definition) is 1. The molecule has 1 aromatic rings. The van der Waals surface area contributed by atoms with Gasteiger partial charge in [-0.3, -0.25) is 0 Å². The average Bonchev–Trinajstić information content (AvgIpc) is 2.84. The molecule has 4 fully saturated rings. The zero-order chi connectivity index (χ0) is 12.4. The highest BCUT2D eigenvalue weighted by Crippen LogP contribution is 2.64. The first-order valence-electron chi connectivity index (χ1n) is 8.19. The molecule has 1 aliphatic heterocycles. The number of rotatable bonds is 1. The van der Waals surface area contributed by atoms with Crippen LogP contribution in [0, 0.1) is 23.2 Å². The van der Waals surface area contributed by atoms with E-state index in [-0.39, 0.29) is 0 Å². The summed E-state index contributed by atoms with van der Waals surface area (Å²) in [5.41, 5.74) is 3.76. The number of H-pyrrole nitrogens is 1. The van der Waals surface area contributed by atoms with Crippen LogP contribution in [0.2, 0.25) is 0 Å². The lowest BCUT2D eigenvalue weighted by atomic mass is 9.46. The van der Waals surface area contributed by atoms with Crippen molar-refractivity contribution in [3.05, 3.63) is 23.5 Å². The predicted molar refractivity (Wildman–Crippen MR) is 75.8 cm³/mol. The SMILES string of the molecule is c1cc2c([nH]1)C(C13CC4CC(CC(C4)C1)C3)CNC2. The zero-order valence-electron chi connectivity index (χ0n) is 11.6. The number of aromatic nitrogens is 1. The Kier molecular flexibility index (Phi) is 2.11. The minimum Gasteiger partial charge on any atom is -0.364 e. The number of aromatic amines is 1. The molecule has 4 aliphatic carbocycles. The molecule has 2 nitrogen and oxygen atoms in total. The molecule has 5 aliphatic rings. The van der Waals surface area contributed by atoms with Gasteiger partial charge >= 0.3 is 0 Å². The van der Waals surface area contributed by atoms with Crippen LogP contribution in [0.3, 0.4) is 0 Å². The van der Waals surface area contributed by atoms with E-state index < -0.39 is 0 Å². The maximum atomic E-state index is 3.68. The molecule has 2 N–H and O–H groups in total. The summed E-state index contributed by atoms with van der Waals surface area (Å²) in [4.78, 5) is 3.59. The van der Waals surface area contributed by atoms with Crippen molar-refractivity contribution in [1.29, 1.82) is 0 Å². The normalized spacial score (nSPS) is 47.4. The van der Waals surface area contributed by atoms with E-state index in [0.29, 0.717) is 5.41 Å². The second kappa shape index (κ2) is 3.66. The Hall–Kier alpha value is -0.760. The second-order valence-electron chi connectivity index (χ2n) is 7.88. The van der Waals surface area contributed by atoms with Crippen molar-refractivity contribution in [2.24, 2.45) is 23.2 Å². The summed E-state index contributed by atoms with van der Waals surface area (Å²) in [7, 11) is 0. The van der Waals surface area contributed by atoms with Crippen molar-refractivity contribution in [3.8, 4) is 0 Å². The fraction of sp³-hybridized carbons (Fsp3) is 0.765. The molecule has 0 aromatic carbocycles. The highest BCUT2D eigenvalue weighted by atomic mass is 14.9. The van der Waals surface area contributed by atoms with Crippen molar-refractivity contribution in [2.75, 3.05) is 6.54 Å². The van der Waals surface area contributed by atoms with E-state index in [1.54, 1.807) is 25.0 Å². The number of fused-ring (bicyclic) bond motifs is 1. The van der Waals surface area contributed by atoms with Crippen LogP contribution in [0.4, 0.5) is 0 Å². The van der Waals surface area contributed by atoms with Crippen molar-refractivity contribution in [3.63, 3.8) is 0 Å². The first kappa shape index (κ1) is 11.0. The monoisotopic (exact) mass is 256 g/mol. The maximum absolute atomic E-state index is 3.68. The van der Waals surface area contributed by atoms with Crippen LogP contribution in [-0.4, -0.2) is 11.5 Å². The first-order valence-corrected chi connectivity index (χ1v) is 8.19. The molecule has 4 bridgehead atoms. The van der Waals surface area contributed by atoms with E-state index >= 15 is 0 Å². The molecule has 4 saturated carbocycles. The maximum Gasteiger partial charge on any atom is 0.0242 e. The summed E-state index contributed by atoms with van der Waals surface area (Å²) in [5, 5.41) is 3.68. The quantitative estimate of drug-likeness (QED) is 0.791. The number of nitrogens with one attached hydrogen (secondary N) is 2. The molecule has 0 spiro atoms.